The van der Waals surface area contributed by atoms with E-state index in [1.54, 1.807) is 24.3 Å². The summed E-state index contributed by atoms with van der Waals surface area (Å²) in [6.07, 6.45) is 6.56. The first-order chi connectivity index (χ1) is 13.0. The molecule has 0 spiro atoms. The Morgan fingerprint density at radius 3 is 2.52 bits per heavy atom. The predicted octanol–water partition coefficient (Wildman–Crippen LogP) is 3.20. The van der Waals surface area contributed by atoms with Crippen LogP contribution in [-0.4, -0.2) is 33.0 Å². The van der Waals surface area contributed by atoms with E-state index in [-0.39, 0.29) is 10.7 Å². The maximum absolute atomic E-state index is 13.1. The van der Waals surface area contributed by atoms with Gasteiger partial charge in [-0.1, -0.05) is 18.2 Å². The first-order valence-electron chi connectivity index (χ1n) is 9.17. The van der Waals surface area contributed by atoms with Crippen molar-refractivity contribution in [1.82, 2.24) is 9.71 Å². The summed E-state index contributed by atoms with van der Waals surface area (Å²) in [6, 6.07) is 9.90. The summed E-state index contributed by atoms with van der Waals surface area (Å²) in [5.74, 6) is 1.01. The number of pyridine rings is 1. The Balaban J connectivity index is 1.41. The van der Waals surface area contributed by atoms with Crippen LogP contribution in [0.3, 0.4) is 0 Å². The van der Waals surface area contributed by atoms with E-state index in [4.69, 9.17) is 0 Å². The van der Waals surface area contributed by atoms with Crippen LogP contribution in [0.4, 0.5) is 10.2 Å². The summed E-state index contributed by atoms with van der Waals surface area (Å²) >= 11 is 0. The molecule has 0 saturated heterocycles. The lowest BCUT2D eigenvalue weighted by Gasteiger charge is -2.27. The normalized spacial score (nSPS) is 17.7. The van der Waals surface area contributed by atoms with Crippen LogP contribution in [0.15, 0.2) is 53.6 Å². The number of benzene rings is 1. The summed E-state index contributed by atoms with van der Waals surface area (Å²) in [4.78, 5) is 6.65. The molecular weight excluding hydrogens is 365 g/mol. The van der Waals surface area contributed by atoms with E-state index in [2.05, 4.69) is 20.7 Å². The molecule has 1 saturated carbocycles. The van der Waals surface area contributed by atoms with Crippen LogP contribution in [0.25, 0.3) is 5.57 Å². The molecule has 7 heteroatoms. The number of anilines is 1. The molecule has 1 fully saturated rings. The number of hydrogen-bond donors (Lipinski definition) is 1. The average molecular weight is 387 g/mol. The molecule has 0 amide bonds. The molecule has 27 heavy (non-hydrogen) atoms. The maximum atomic E-state index is 13.1. The molecule has 0 atom stereocenters. The molecule has 0 radical (unpaired) electrons. The van der Waals surface area contributed by atoms with Crippen molar-refractivity contribution in [3.05, 3.63) is 60.1 Å². The van der Waals surface area contributed by atoms with Crippen molar-refractivity contribution in [2.45, 2.75) is 24.2 Å². The van der Waals surface area contributed by atoms with Crippen molar-refractivity contribution >= 4 is 21.4 Å². The molecule has 2 aromatic rings. The highest BCUT2D eigenvalue weighted by Gasteiger charge is 2.24. The molecule has 2 aliphatic rings. The van der Waals surface area contributed by atoms with Gasteiger partial charge in [-0.2, -0.15) is 0 Å². The van der Waals surface area contributed by atoms with Crippen LogP contribution >= 0.6 is 0 Å². The number of halogens is 1. The van der Waals surface area contributed by atoms with Crippen LogP contribution < -0.4 is 9.62 Å². The second kappa shape index (κ2) is 7.40. The lowest BCUT2D eigenvalue weighted by atomic mass is 9.99. The Bertz CT molecular complexity index is 936. The largest absolute Gasteiger partial charge is 0.353 e. The molecule has 2 heterocycles. The molecule has 0 bridgehead atoms. The minimum atomic E-state index is -3.48. The molecule has 1 aliphatic carbocycles. The van der Waals surface area contributed by atoms with E-state index >= 15 is 0 Å². The third-order valence-electron chi connectivity index (χ3n) is 5.04. The Morgan fingerprint density at radius 2 is 1.93 bits per heavy atom. The molecular formula is C20H22FN3O2S. The van der Waals surface area contributed by atoms with Crippen molar-refractivity contribution in [3.63, 3.8) is 0 Å². The second-order valence-electron chi connectivity index (χ2n) is 7.08. The SMILES string of the molecule is O=S(=O)(NCC1CC1)c1ccc(N2CC=C(c3ccc(F)cc3)CC2)nc1. The first kappa shape index (κ1) is 18.1. The van der Waals surface area contributed by atoms with Gasteiger partial charge in [0.05, 0.1) is 0 Å². The third kappa shape index (κ3) is 4.36. The Morgan fingerprint density at radius 1 is 1.15 bits per heavy atom. The maximum Gasteiger partial charge on any atom is 0.242 e. The van der Waals surface area contributed by atoms with Crippen molar-refractivity contribution in [2.75, 3.05) is 24.5 Å². The number of sulfonamides is 1. The standard InChI is InChI=1S/C20H22FN3O2S/c21-18-5-3-16(4-6-18)17-9-11-24(12-10-17)20-8-7-19(14-22-20)27(25,26)23-13-15-1-2-15/h3-9,14-15,23H,1-2,10-13H2. The van der Waals surface area contributed by atoms with Gasteiger partial charge in [-0.15, -0.1) is 0 Å². The van der Waals surface area contributed by atoms with E-state index in [9.17, 15) is 12.8 Å². The second-order valence-corrected chi connectivity index (χ2v) is 8.85. The van der Waals surface area contributed by atoms with Gasteiger partial charge in [0.15, 0.2) is 0 Å². The zero-order chi connectivity index (χ0) is 18.9. The Kier molecular flexibility index (Phi) is 4.97. The summed E-state index contributed by atoms with van der Waals surface area (Å²) in [6.45, 7) is 1.97. The monoisotopic (exact) mass is 387 g/mol. The fraction of sp³-hybridized carbons (Fsp3) is 0.350. The number of nitrogens with zero attached hydrogens (tertiary/aromatic N) is 2. The quantitative estimate of drug-likeness (QED) is 0.827. The minimum Gasteiger partial charge on any atom is -0.353 e. The lowest BCUT2D eigenvalue weighted by molar-refractivity contribution is 0.577. The van der Waals surface area contributed by atoms with Crippen LogP contribution in [0, 0.1) is 11.7 Å². The van der Waals surface area contributed by atoms with Gasteiger partial charge in [0.2, 0.25) is 10.0 Å². The van der Waals surface area contributed by atoms with Crippen LogP contribution in [0.2, 0.25) is 0 Å². The molecule has 4 rings (SSSR count). The highest BCUT2D eigenvalue weighted by atomic mass is 32.2. The molecule has 1 aromatic carbocycles. The van der Waals surface area contributed by atoms with Crippen molar-refractivity contribution in [1.29, 1.82) is 0 Å². The molecule has 1 aromatic heterocycles. The number of nitrogens with one attached hydrogen (secondary N) is 1. The van der Waals surface area contributed by atoms with E-state index in [0.717, 1.165) is 37.2 Å². The molecule has 1 N–H and O–H groups in total. The van der Waals surface area contributed by atoms with Gasteiger partial charge < -0.3 is 4.90 Å². The minimum absolute atomic E-state index is 0.200. The summed E-state index contributed by atoms with van der Waals surface area (Å²) in [5, 5.41) is 0. The topological polar surface area (TPSA) is 62.3 Å². The highest BCUT2D eigenvalue weighted by Crippen LogP contribution is 2.28. The van der Waals surface area contributed by atoms with E-state index < -0.39 is 10.0 Å². The summed E-state index contributed by atoms with van der Waals surface area (Å²) < 4.78 is 40.3. The van der Waals surface area contributed by atoms with Gasteiger partial charge in [-0.25, -0.2) is 22.5 Å². The number of rotatable bonds is 6. The van der Waals surface area contributed by atoms with Gasteiger partial charge in [0, 0.05) is 25.8 Å². The van der Waals surface area contributed by atoms with E-state index in [0.29, 0.717) is 19.0 Å². The lowest BCUT2D eigenvalue weighted by Crippen LogP contribution is -2.29. The van der Waals surface area contributed by atoms with Gasteiger partial charge in [0.25, 0.3) is 0 Å². The molecule has 5 nitrogen and oxygen atoms in total. The zero-order valence-electron chi connectivity index (χ0n) is 14.9. The van der Waals surface area contributed by atoms with Gasteiger partial charge in [-0.3, -0.25) is 0 Å². The zero-order valence-corrected chi connectivity index (χ0v) is 15.8. The van der Waals surface area contributed by atoms with Crippen LogP contribution in [0.1, 0.15) is 24.8 Å². The fourth-order valence-electron chi connectivity index (χ4n) is 3.15. The first-order valence-corrected chi connectivity index (χ1v) is 10.7. The van der Waals surface area contributed by atoms with Crippen LogP contribution in [-0.2, 0) is 10.0 Å². The fourth-order valence-corrected chi connectivity index (χ4v) is 4.22. The van der Waals surface area contributed by atoms with Gasteiger partial charge >= 0.3 is 0 Å². The van der Waals surface area contributed by atoms with Crippen molar-refractivity contribution in [3.8, 4) is 0 Å². The van der Waals surface area contributed by atoms with Crippen molar-refractivity contribution in [2.24, 2.45) is 5.92 Å². The average Bonchev–Trinajstić information content (AvgIpc) is 3.52. The van der Waals surface area contributed by atoms with Gasteiger partial charge in [0.1, 0.15) is 16.5 Å². The third-order valence-corrected chi connectivity index (χ3v) is 6.45. The number of hydrogen-bond acceptors (Lipinski definition) is 4. The number of aromatic nitrogens is 1. The predicted molar refractivity (Wildman–Crippen MR) is 103 cm³/mol. The molecule has 0 unspecified atom stereocenters. The van der Waals surface area contributed by atoms with E-state index in [1.807, 2.05) is 0 Å². The summed E-state index contributed by atoms with van der Waals surface area (Å²) in [5.41, 5.74) is 2.22. The Labute approximate surface area is 159 Å². The molecule has 142 valence electrons. The summed E-state index contributed by atoms with van der Waals surface area (Å²) in [7, 11) is -3.48. The Hall–Kier alpha value is -2.25. The van der Waals surface area contributed by atoms with Crippen molar-refractivity contribution < 1.29 is 12.8 Å². The highest BCUT2D eigenvalue weighted by molar-refractivity contribution is 7.89. The van der Waals surface area contributed by atoms with E-state index in [1.165, 1.54) is 23.9 Å². The van der Waals surface area contributed by atoms with Gasteiger partial charge in [-0.05, 0) is 60.6 Å². The van der Waals surface area contributed by atoms with Crippen LogP contribution in [0.5, 0.6) is 0 Å². The smallest absolute Gasteiger partial charge is 0.242 e. The molecule has 1 aliphatic heterocycles.